The van der Waals surface area contributed by atoms with Crippen LogP contribution in [0.4, 0.5) is 0 Å². The van der Waals surface area contributed by atoms with Crippen LogP contribution in [0.2, 0.25) is 0 Å². The summed E-state index contributed by atoms with van der Waals surface area (Å²) in [5, 5.41) is 9.31. The molecule has 4 aliphatic carbocycles. The highest BCUT2D eigenvalue weighted by Gasteiger charge is 2.68. The second-order valence-corrected chi connectivity index (χ2v) is 13.6. The summed E-state index contributed by atoms with van der Waals surface area (Å²) in [5.74, 6) is -2.08. The minimum atomic E-state index is -1.39. The zero-order valence-electron chi connectivity index (χ0n) is 24.9. The lowest BCUT2D eigenvalue weighted by molar-refractivity contribution is -0.191. The molecule has 0 unspecified atom stereocenters. The van der Waals surface area contributed by atoms with Crippen LogP contribution in [-0.2, 0) is 38.2 Å². The summed E-state index contributed by atoms with van der Waals surface area (Å²) < 4.78 is 11.3. The van der Waals surface area contributed by atoms with E-state index in [0.29, 0.717) is 50.5 Å². The fraction of sp³-hybridized carbons (Fsp3) is 0.750. The Kier molecular flexibility index (Phi) is 8.13. The molecule has 42 heavy (non-hydrogen) atoms. The van der Waals surface area contributed by atoms with Gasteiger partial charge in [-0.2, -0.15) is 0 Å². The van der Waals surface area contributed by atoms with Crippen molar-refractivity contribution in [2.75, 3.05) is 13.2 Å². The molecule has 5 rings (SSSR count). The lowest BCUT2D eigenvalue weighted by Gasteiger charge is -2.59. The highest BCUT2D eigenvalue weighted by atomic mass is 16.6. The molecule has 230 valence electrons. The van der Waals surface area contributed by atoms with E-state index in [9.17, 15) is 33.9 Å². The number of carboxylic acids is 1. The second-order valence-electron chi connectivity index (χ2n) is 13.6. The van der Waals surface area contributed by atoms with Crippen molar-refractivity contribution >= 4 is 35.4 Å². The molecule has 1 N–H and O–H groups in total. The van der Waals surface area contributed by atoms with Gasteiger partial charge in [-0.25, -0.2) is 4.79 Å². The van der Waals surface area contributed by atoms with Gasteiger partial charge in [0, 0.05) is 31.7 Å². The largest absolute Gasteiger partial charge is 0.480 e. The van der Waals surface area contributed by atoms with Gasteiger partial charge in [0.2, 0.25) is 11.7 Å². The number of carboxylic acid groups (broad SMARTS) is 1. The van der Waals surface area contributed by atoms with E-state index >= 15 is 0 Å². The van der Waals surface area contributed by atoms with Gasteiger partial charge in [0.05, 0.1) is 6.42 Å². The van der Waals surface area contributed by atoms with E-state index < -0.39 is 53.3 Å². The van der Waals surface area contributed by atoms with Gasteiger partial charge in [0.15, 0.2) is 18.0 Å². The Labute approximate surface area is 246 Å². The number of carbonyl (C=O) groups excluding carboxylic acids is 5. The minimum absolute atomic E-state index is 0.0264. The summed E-state index contributed by atoms with van der Waals surface area (Å²) in [6, 6.07) is -0.875. The van der Waals surface area contributed by atoms with Crippen LogP contribution in [0, 0.1) is 28.6 Å². The summed E-state index contributed by atoms with van der Waals surface area (Å²) in [5.41, 5.74) is -0.767. The number of ketones is 2. The van der Waals surface area contributed by atoms with Crippen LogP contribution in [0.25, 0.3) is 0 Å². The molecule has 1 aliphatic heterocycles. The van der Waals surface area contributed by atoms with E-state index in [1.54, 1.807) is 0 Å². The molecule has 0 aromatic rings. The average molecular weight is 586 g/mol. The first-order chi connectivity index (χ1) is 19.8. The van der Waals surface area contributed by atoms with E-state index in [0.717, 1.165) is 32.1 Å². The maximum Gasteiger partial charge on any atom is 0.326 e. The number of carbonyl (C=O) groups is 6. The maximum absolute atomic E-state index is 13.9. The summed E-state index contributed by atoms with van der Waals surface area (Å²) >= 11 is 0. The molecule has 7 atom stereocenters. The number of rotatable bonds is 8. The SMILES string of the molecule is CC(=O)O[C@]1(C(=O)COC(=O)CCC(=O)N2CCC[C@@H]2C(=O)O)CC[C@@H]2[C@@H]3CCC4=CC(=O)CC[C@]4(C)[C@@H]3CC[C@@]21C. The summed E-state index contributed by atoms with van der Waals surface area (Å²) in [4.78, 5) is 76.2. The smallest absolute Gasteiger partial charge is 0.326 e. The Hall–Kier alpha value is -3.04. The third kappa shape index (κ3) is 4.98. The predicted octanol–water partition coefficient (Wildman–Crippen LogP) is 3.79. The molecule has 1 saturated heterocycles. The number of nitrogens with zero attached hydrogens (tertiary/aromatic N) is 1. The van der Waals surface area contributed by atoms with E-state index in [1.807, 2.05) is 6.08 Å². The van der Waals surface area contributed by atoms with E-state index in [1.165, 1.54) is 17.4 Å². The van der Waals surface area contributed by atoms with Crippen LogP contribution in [0.1, 0.15) is 97.8 Å². The first-order valence-corrected chi connectivity index (χ1v) is 15.5. The molecule has 1 amide bonds. The first kappa shape index (κ1) is 30.4. The van der Waals surface area contributed by atoms with Crippen molar-refractivity contribution in [2.45, 2.75) is 109 Å². The van der Waals surface area contributed by atoms with Crippen LogP contribution in [0.5, 0.6) is 0 Å². The van der Waals surface area contributed by atoms with Crippen molar-refractivity contribution in [3.05, 3.63) is 11.6 Å². The van der Waals surface area contributed by atoms with Gasteiger partial charge in [0.25, 0.3) is 0 Å². The van der Waals surface area contributed by atoms with Crippen molar-refractivity contribution in [3.63, 3.8) is 0 Å². The molecule has 4 fully saturated rings. The Balaban J connectivity index is 1.26. The molecule has 0 aromatic heterocycles. The predicted molar refractivity (Wildman–Crippen MR) is 149 cm³/mol. The van der Waals surface area contributed by atoms with Gasteiger partial charge < -0.3 is 19.5 Å². The molecule has 0 radical (unpaired) electrons. The standard InChI is InChI=1S/C32H43NO9/c1-19(34)42-32(26(36)18-41-28(38)9-8-27(37)33-16-4-5-25(33)29(39)40)15-12-24-22-7-6-20-17-21(35)10-13-30(20,2)23(22)11-14-31(24,32)3/h17,22-25H,4-16,18H2,1-3H3,(H,39,40)/t22-,23-,24-,25-,30+,31+,32+/m1/s1. The number of Topliss-reactive ketones (excluding diaryl/α,β-unsaturated/α-hetero) is 1. The topological polar surface area (TPSA) is 144 Å². The van der Waals surface area contributed by atoms with Crippen molar-refractivity contribution in [1.82, 2.24) is 4.90 Å². The van der Waals surface area contributed by atoms with Gasteiger partial charge in [-0.1, -0.05) is 19.4 Å². The summed E-state index contributed by atoms with van der Waals surface area (Å²) in [7, 11) is 0. The molecule has 3 saturated carbocycles. The monoisotopic (exact) mass is 585 g/mol. The summed E-state index contributed by atoms with van der Waals surface area (Å²) in [6.45, 7) is 5.43. The first-order valence-electron chi connectivity index (χ1n) is 15.5. The Morgan fingerprint density at radius 2 is 1.71 bits per heavy atom. The molecule has 0 bridgehead atoms. The van der Waals surface area contributed by atoms with Crippen LogP contribution in [-0.4, -0.2) is 70.2 Å². The highest BCUT2D eigenvalue weighted by molar-refractivity contribution is 5.94. The quantitative estimate of drug-likeness (QED) is 0.421. The number of fused-ring (bicyclic) bond motifs is 5. The van der Waals surface area contributed by atoms with Crippen LogP contribution in [0.15, 0.2) is 11.6 Å². The van der Waals surface area contributed by atoms with Crippen molar-refractivity contribution in [2.24, 2.45) is 28.6 Å². The van der Waals surface area contributed by atoms with Crippen molar-refractivity contribution < 1.29 is 43.3 Å². The van der Waals surface area contributed by atoms with Crippen molar-refractivity contribution in [3.8, 4) is 0 Å². The van der Waals surface area contributed by atoms with Crippen LogP contribution in [0.3, 0.4) is 0 Å². The normalized spacial score (nSPS) is 37.2. The van der Waals surface area contributed by atoms with E-state index in [-0.39, 0.29) is 30.0 Å². The number of aliphatic carboxylic acids is 1. The number of hydrogen-bond donors (Lipinski definition) is 1. The van der Waals surface area contributed by atoms with Gasteiger partial charge >= 0.3 is 17.9 Å². The molecule has 5 aliphatic rings. The van der Waals surface area contributed by atoms with E-state index in [2.05, 4.69) is 13.8 Å². The third-order valence-corrected chi connectivity index (χ3v) is 11.6. The number of likely N-dealkylation sites (tertiary alicyclic amines) is 1. The molecule has 10 heteroatoms. The van der Waals surface area contributed by atoms with E-state index in [4.69, 9.17) is 9.47 Å². The third-order valence-electron chi connectivity index (χ3n) is 11.6. The number of ether oxygens (including phenoxy) is 2. The number of amides is 1. The van der Waals surface area contributed by atoms with Gasteiger partial charge in [-0.05, 0) is 87.0 Å². The van der Waals surface area contributed by atoms with Gasteiger partial charge in [-0.3, -0.25) is 24.0 Å². The lowest BCUT2D eigenvalue weighted by atomic mass is 9.46. The summed E-state index contributed by atoms with van der Waals surface area (Å²) in [6.07, 6.45) is 8.26. The highest BCUT2D eigenvalue weighted by Crippen LogP contribution is 2.68. The lowest BCUT2D eigenvalue weighted by Crippen LogP contribution is -2.59. The van der Waals surface area contributed by atoms with Gasteiger partial charge in [0.1, 0.15) is 6.04 Å². The molecular weight excluding hydrogens is 542 g/mol. The average Bonchev–Trinajstić information content (AvgIpc) is 3.54. The molecule has 1 heterocycles. The molecule has 0 aromatic carbocycles. The van der Waals surface area contributed by atoms with Gasteiger partial charge in [-0.15, -0.1) is 0 Å². The number of hydrogen-bond acceptors (Lipinski definition) is 8. The molecule has 0 spiro atoms. The fourth-order valence-corrected chi connectivity index (χ4v) is 9.49. The Morgan fingerprint density at radius 1 is 0.976 bits per heavy atom. The van der Waals surface area contributed by atoms with Crippen molar-refractivity contribution in [1.29, 1.82) is 0 Å². The zero-order chi connectivity index (χ0) is 30.4. The number of esters is 2. The number of allylic oxidation sites excluding steroid dienone is 1. The second kappa shape index (κ2) is 11.2. The minimum Gasteiger partial charge on any atom is -0.480 e. The maximum atomic E-state index is 13.9. The molecular formula is C32H43NO9. The van der Waals surface area contributed by atoms with Crippen LogP contribution >= 0.6 is 0 Å². The molecule has 10 nitrogen and oxygen atoms in total. The Bertz CT molecular complexity index is 1220. The Morgan fingerprint density at radius 3 is 2.43 bits per heavy atom. The fourth-order valence-electron chi connectivity index (χ4n) is 9.49. The zero-order valence-corrected chi connectivity index (χ0v) is 24.9. The van der Waals surface area contributed by atoms with Crippen LogP contribution < -0.4 is 0 Å².